The standard InChI is InChI=1S/C34H56O2.C33H54O3.C31H52O2/c1-22-19-28(2,3)20-24-23-11-12-26-31(7)15-14-27-32(8,21-35-29(4,5)36-27)25(31)13-16-34(26,10)33(23,9)18-17-30(22,24)6;1-27(2)18-22-21-10-11-24-30(6)14-13-26-31(7,20-35-28(3,4)36-26)23(30)12-15-33(24,9)32(21,8)17-16-29(22,5)25(34)19-27;1-20-17-26(2,3)18-22-21-9-10-24-28(5)13-12-25(33)29(6,19-32)23(28)11-14-31(24,8)30(21,7)16-15-27(20,22)4/h11,22,24-27H,12-21H2,1-10H3;10,22-26,34H,11-20H2,1-9H3;9,20,22-25,32-33H,10-19H2,1-8H3. The third kappa shape index (κ3) is 10.8. The summed E-state index contributed by atoms with van der Waals surface area (Å²) >= 11 is 0. The van der Waals surface area contributed by atoms with Gasteiger partial charge in [0.15, 0.2) is 11.6 Å². The van der Waals surface area contributed by atoms with Crippen LogP contribution in [0.3, 0.4) is 0 Å². The molecule has 15 aliphatic carbocycles. The highest BCUT2D eigenvalue weighted by molar-refractivity contribution is 5.38. The lowest BCUT2D eigenvalue weighted by molar-refractivity contribution is -0.351. The van der Waals surface area contributed by atoms with Gasteiger partial charge in [-0.05, 0) is 342 Å². The molecule has 30 atom stereocenters. The molecule has 2 aliphatic heterocycles. The molecule has 12 saturated carbocycles. The molecule has 2 saturated heterocycles. The van der Waals surface area contributed by atoms with Crippen molar-refractivity contribution in [3.05, 3.63) is 34.9 Å². The minimum atomic E-state index is -0.454. The molecular weight excluding hydrogens is 1290 g/mol. The summed E-state index contributed by atoms with van der Waals surface area (Å²) in [7, 11) is 0. The fourth-order valence-corrected chi connectivity index (χ4v) is 34.8. The van der Waals surface area contributed by atoms with Gasteiger partial charge >= 0.3 is 0 Å². The average Bonchev–Trinajstić information content (AvgIpc) is 0.684. The van der Waals surface area contributed by atoms with Gasteiger partial charge in [0.1, 0.15) is 0 Å². The van der Waals surface area contributed by atoms with Crippen LogP contribution in [0.15, 0.2) is 34.9 Å². The molecule has 0 amide bonds. The topological polar surface area (TPSA) is 97.6 Å². The van der Waals surface area contributed by atoms with Gasteiger partial charge in [0.2, 0.25) is 0 Å². The molecule has 17 rings (SSSR count). The molecule has 0 aromatic rings. The van der Waals surface area contributed by atoms with Gasteiger partial charge in [0.25, 0.3) is 0 Å². The molecule has 7 heteroatoms. The van der Waals surface area contributed by atoms with E-state index in [0.29, 0.717) is 102 Å². The smallest absolute Gasteiger partial charge is 0.163 e. The minimum absolute atomic E-state index is 0.0419. The zero-order valence-electron chi connectivity index (χ0n) is 73.1. The zero-order chi connectivity index (χ0) is 76.6. The Bertz CT molecular complexity index is 3320. The van der Waals surface area contributed by atoms with Crippen LogP contribution >= 0.6 is 0 Å². The van der Waals surface area contributed by atoms with E-state index in [4.69, 9.17) is 18.9 Å². The van der Waals surface area contributed by atoms with Crippen molar-refractivity contribution >= 4 is 0 Å². The summed E-state index contributed by atoms with van der Waals surface area (Å²) in [5, 5.41) is 32.8. The molecular formula is C98H162O7. The Morgan fingerprint density at radius 2 is 0.648 bits per heavy atom. The van der Waals surface area contributed by atoms with Crippen LogP contribution in [0, 0.1) is 163 Å². The Morgan fingerprint density at radius 3 is 1.02 bits per heavy atom. The lowest BCUT2D eigenvalue weighted by Crippen LogP contribution is -2.68. The largest absolute Gasteiger partial charge is 0.396 e. The van der Waals surface area contributed by atoms with Crippen molar-refractivity contribution in [2.45, 2.75) is 396 Å². The molecule has 0 aromatic heterocycles. The highest BCUT2D eigenvalue weighted by atomic mass is 16.7. The van der Waals surface area contributed by atoms with E-state index in [1.165, 1.54) is 141 Å². The van der Waals surface area contributed by atoms with Crippen LogP contribution in [-0.4, -0.2) is 71.1 Å². The third-order valence-corrected chi connectivity index (χ3v) is 42.2. The van der Waals surface area contributed by atoms with Crippen molar-refractivity contribution < 1.29 is 34.3 Å². The van der Waals surface area contributed by atoms with Crippen LogP contribution in [-0.2, 0) is 18.9 Å². The lowest BCUT2D eigenvalue weighted by Gasteiger charge is -2.72. The van der Waals surface area contributed by atoms with E-state index < -0.39 is 11.6 Å². The molecule has 0 spiro atoms. The van der Waals surface area contributed by atoms with Gasteiger partial charge in [-0.15, -0.1) is 0 Å². The number of fused-ring (bicyclic) bond motifs is 25. The van der Waals surface area contributed by atoms with E-state index in [1.54, 1.807) is 5.57 Å². The van der Waals surface area contributed by atoms with Gasteiger partial charge in [-0.2, -0.15) is 0 Å². The Hall–Kier alpha value is -1.06. The molecule has 3 N–H and O–H groups in total. The van der Waals surface area contributed by atoms with Crippen LogP contribution in [0.4, 0.5) is 0 Å². The first kappa shape index (κ1) is 79.2. The highest BCUT2D eigenvalue weighted by Gasteiger charge is 2.75. The van der Waals surface area contributed by atoms with Crippen molar-refractivity contribution in [1.29, 1.82) is 0 Å². The molecule has 7 nitrogen and oxygen atoms in total. The number of hydrogen-bond donors (Lipinski definition) is 3. The Labute approximate surface area is 644 Å². The van der Waals surface area contributed by atoms with Crippen LogP contribution < -0.4 is 0 Å². The second-order valence-electron chi connectivity index (χ2n) is 49.5. The summed E-state index contributed by atoms with van der Waals surface area (Å²) in [5.41, 5.74) is 10.2. The zero-order valence-corrected chi connectivity index (χ0v) is 73.1. The van der Waals surface area contributed by atoms with E-state index in [0.717, 1.165) is 74.9 Å². The molecule has 17 aliphatic rings. The number of aliphatic hydroxyl groups is 3. The predicted molar refractivity (Wildman–Crippen MR) is 431 cm³/mol. The summed E-state index contributed by atoms with van der Waals surface area (Å²) < 4.78 is 25.9. The molecule has 105 heavy (non-hydrogen) atoms. The Balaban J connectivity index is 0.000000127. The molecule has 0 bridgehead atoms. The van der Waals surface area contributed by atoms with Crippen LogP contribution in [0.5, 0.6) is 0 Å². The van der Waals surface area contributed by atoms with Crippen LogP contribution in [0.1, 0.15) is 360 Å². The monoisotopic (exact) mass is 1450 g/mol. The fraction of sp³-hybridized carbons (Fsp3) is 0.939. The lowest BCUT2D eigenvalue weighted by atomic mass is 9.33. The van der Waals surface area contributed by atoms with Crippen molar-refractivity contribution in [1.82, 2.24) is 0 Å². The maximum absolute atomic E-state index is 11.4. The van der Waals surface area contributed by atoms with Gasteiger partial charge in [-0.3, -0.25) is 0 Å². The molecule has 596 valence electrons. The van der Waals surface area contributed by atoms with E-state index in [-0.39, 0.29) is 62.1 Å². The maximum atomic E-state index is 11.4. The first-order valence-corrected chi connectivity index (χ1v) is 44.9. The van der Waals surface area contributed by atoms with E-state index in [1.807, 2.05) is 11.1 Å². The molecule has 30 unspecified atom stereocenters. The average molecular weight is 1450 g/mol. The summed E-state index contributed by atoms with van der Waals surface area (Å²) in [6, 6.07) is 0. The van der Waals surface area contributed by atoms with Crippen molar-refractivity contribution in [3.8, 4) is 0 Å². The molecule has 0 aromatic carbocycles. The number of ether oxygens (including phenoxy) is 4. The number of aliphatic hydroxyl groups excluding tert-OH is 3. The Kier molecular flexibility index (Phi) is 18.3. The third-order valence-electron chi connectivity index (χ3n) is 42.2. The first-order chi connectivity index (χ1) is 48.2. The van der Waals surface area contributed by atoms with Crippen molar-refractivity contribution in [3.63, 3.8) is 0 Å². The fourth-order valence-electron chi connectivity index (χ4n) is 34.8. The van der Waals surface area contributed by atoms with E-state index in [9.17, 15) is 15.3 Å². The minimum Gasteiger partial charge on any atom is -0.396 e. The highest BCUT2D eigenvalue weighted by Crippen LogP contribution is 2.81. The summed E-state index contributed by atoms with van der Waals surface area (Å²) in [6.45, 7) is 69.1. The van der Waals surface area contributed by atoms with Crippen molar-refractivity contribution in [2.24, 2.45) is 163 Å². The van der Waals surface area contributed by atoms with Crippen molar-refractivity contribution in [2.75, 3.05) is 19.8 Å². The van der Waals surface area contributed by atoms with Crippen LogP contribution in [0.25, 0.3) is 0 Å². The first-order valence-electron chi connectivity index (χ1n) is 44.9. The Morgan fingerprint density at radius 1 is 0.324 bits per heavy atom. The summed E-state index contributed by atoms with van der Waals surface area (Å²) in [5.74, 6) is 6.63. The quantitative estimate of drug-likeness (QED) is 0.225. The molecule has 2 heterocycles. The van der Waals surface area contributed by atoms with E-state index in [2.05, 4.69) is 205 Å². The van der Waals surface area contributed by atoms with Gasteiger partial charge in [-0.1, -0.05) is 194 Å². The summed E-state index contributed by atoms with van der Waals surface area (Å²) in [6.07, 6.45) is 42.4. The summed E-state index contributed by atoms with van der Waals surface area (Å²) in [4.78, 5) is 0. The van der Waals surface area contributed by atoms with Gasteiger partial charge in [0, 0.05) is 21.7 Å². The molecule has 14 fully saturated rings. The number of hydrogen-bond acceptors (Lipinski definition) is 7. The SMILES string of the molecule is CC1(C)CC(O)C2(C)CCC3(C)C(=CCC4C5(C)CCC6OC(C)(C)OCC6(C)C5CCC43C)C2C1.CC1CC(C)(C)CC2C3=CCC4C5(C)CCC(O)C(C)(CO)C5CCC4(C)C3(C)CCC12C.CC1CC(C)(C)CC2C3=CCC4C5(C)CCC6OC(C)(C)OCC6(C)C5CCC4(C)C3(C)CCC12C. The number of allylic oxidation sites excluding steroid dienone is 6. The van der Waals surface area contributed by atoms with Gasteiger partial charge in [0.05, 0.1) is 44.2 Å². The van der Waals surface area contributed by atoms with E-state index >= 15 is 0 Å². The maximum Gasteiger partial charge on any atom is 0.163 e. The van der Waals surface area contributed by atoms with Gasteiger partial charge < -0.3 is 34.3 Å². The van der Waals surface area contributed by atoms with Gasteiger partial charge in [-0.25, -0.2) is 0 Å². The molecule has 0 radical (unpaired) electrons. The second-order valence-corrected chi connectivity index (χ2v) is 49.5. The normalized spacial score (nSPS) is 57.4. The predicted octanol–water partition coefficient (Wildman–Crippen LogP) is 24.5. The second kappa shape index (κ2) is 24.3. The van der Waals surface area contributed by atoms with Crippen LogP contribution in [0.2, 0.25) is 0 Å². The number of rotatable bonds is 1.